The molecule has 2 N–H and O–H groups in total. The van der Waals surface area contributed by atoms with Crippen LogP contribution in [0.3, 0.4) is 0 Å². The van der Waals surface area contributed by atoms with E-state index in [1.165, 1.54) is 6.42 Å². The lowest BCUT2D eigenvalue weighted by Gasteiger charge is -2.36. The molecule has 1 aliphatic rings. The topological polar surface area (TPSA) is 35.5 Å². The van der Waals surface area contributed by atoms with E-state index in [1.54, 1.807) is 0 Å². The maximum absolute atomic E-state index is 10.1. The first kappa shape index (κ1) is 16.8. The zero-order valence-electron chi connectivity index (χ0n) is 13.1. The van der Waals surface area contributed by atoms with Gasteiger partial charge in [-0.05, 0) is 45.0 Å². The lowest BCUT2D eigenvalue weighted by Crippen LogP contribution is -2.44. The predicted octanol–water partition coefficient (Wildman–Crippen LogP) is 3.23. The van der Waals surface area contributed by atoms with Gasteiger partial charge >= 0.3 is 0 Å². The molecule has 2 rings (SSSR count). The van der Waals surface area contributed by atoms with Gasteiger partial charge in [-0.25, -0.2) is 0 Å². The van der Waals surface area contributed by atoms with Gasteiger partial charge < -0.3 is 15.3 Å². The monoisotopic (exact) mass is 310 g/mol. The van der Waals surface area contributed by atoms with Crippen molar-refractivity contribution in [1.82, 2.24) is 10.2 Å². The molecule has 0 bridgehead atoms. The van der Waals surface area contributed by atoms with Gasteiger partial charge in [-0.15, -0.1) is 0 Å². The normalized spacial score (nSPS) is 24.2. The Kier molecular flexibility index (Phi) is 6.49. The fourth-order valence-corrected chi connectivity index (χ4v) is 3.58. The minimum Gasteiger partial charge on any atom is -0.391 e. The van der Waals surface area contributed by atoms with Crippen LogP contribution >= 0.6 is 11.6 Å². The number of nitrogens with zero attached hydrogens (tertiary/aromatic N) is 1. The van der Waals surface area contributed by atoms with Crippen LogP contribution in [-0.4, -0.2) is 42.8 Å². The summed E-state index contributed by atoms with van der Waals surface area (Å²) in [5, 5.41) is 14.3. The summed E-state index contributed by atoms with van der Waals surface area (Å²) in [6, 6.07) is 8.57. The molecule has 21 heavy (non-hydrogen) atoms. The van der Waals surface area contributed by atoms with Crippen molar-refractivity contribution in [2.24, 2.45) is 0 Å². The van der Waals surface area contributed by atoms with Crippen LogP contribution < -0.4 is 5.32 Å². The number of aliphatic hydroxyl groups excluding tert-OH is 1. The zero-order chi connectivity index (χ0) is 15.2. The lowest BCUT2D eigenvalue weighted by molar-refractivity contribution is 0.0308. The van der Waals surface area contributed by atoms with Crippen molar-refractivity contribution in [1.29, 1.82) is 0 Å². The van der Waals surface area contributed by atoms with Gasteiger partial charge in [0.2, 0.25) is 0 Å². The molecule has 0 heterocycles. The Hall–Kier alpha value is -0.610. The molecular formula is C17H27ClN2O. The van der Waals surface area contributed by atoms with Crippen LogP contribution in [0.1, 0.15) is 43.7 Å². The summed E-state index contributed by atoms with van der Waals surface area (Å²) >= 11 is 6.29. The number of hydrogen-bond acceptors (Lipinski definition) is 3. The van der Waals surface area contributed by atoms with E-state index in [0.29, 0.717) is 6.04 Å². The molecule has 0 radical (unpaired) electrons. The van der Waals surface area contributed by atoms with E-state index in [9.17, 15) is 5.11 Å². The van der Waals surface area contributed by atoms with Gasteiger partial charge in [-0.1, -0.05) is 42.6 Å². The number of nitrogens with one attached hydrogen (secondary N) is 1. The minimum atomic E-state index is -0.169. The van der Waals surface area contributed by atoms with Gasteiger partial charge in [0.1, 0.15) is 0 Å². The second-order valence-corrected chi connectivity index (χ2v) is 6.46. The first-order valence-electron chi connectivity index (χ1n) is 7.93. The van der Waals surface area contributed by atoms with Crippen LogP contribution in [0.5, 0.6) is 0 Å². The fraction of sp³-hybridized carbons (Fsp3) is 0.647. The van der Waals surface area contributed by atoms with Gasteiger partial charge in [-0.2, -0.15) is 0 Å². The summed E-state index contributed by atoms with van der Waals surface area (Å²) in [6.07, 6.45) is 5.25. The molecule has 3 atom stereocenters. The van der Waals surface area contributed by atoms with Crippen molar-refractivity contribution in [3.8, 4) is 0 Å². The van der Waals surface area contributed by atoms with E-state index in [-0.39, 0.29) is 12.1 Å². The molecule has 0 amide bonds. The van der Waals surface area contributed by atoms with Gasteiger partial charge in [0.05, 0.1) is 6.10 Å². The molecule has 4 heteroatoms. The smallest absolute Gasteiger partial charge is 0.0695 e. The van der Waals surface area contributed by atoms with Gasteiger partial charge in [0.15, 0.2) is 0 Å². The van der Waals surface area contributed by atoms with E-state index in [4.69, 9.17) is 11.6 Å². The van der Waals surface area contributed by atoms with Gasteiger partial charge in [-0.3, -0.25) is 0 Å². The highest BCUT2D eigenvalue weighted by Gasteiger charge is 2.26. The molecule has 1 saturated carbocycles. The lowest BCUT2D eigenvalue weighted by atomic mass is 9.91. The summed E-state index contributed by atoms with van der Waals surface area (Å²) in [5.41, 5.74) is 1.15. The number of likely N-dealkylation sites (N-methyl/N-ethyl adjacent to an activating group) is 1. The second-order valence-electron chi connectivity index (χ2n) is 6.05. The van der Waals surface area contributed by atoms with Crippen molar-refractivity contribution >= 4 is 11.6 Å². The van der Waals surface area contributed by atoms with Crippen LogP contribution in [0.4, 0.5) is 0 Å². The Morgan fingerprint density at radius 1 is 1.33 bits per heavy atom. The summed E-state index contributed by atoms with van der Waals surface area (Å²) in [6.45, 7) is 0.957. The van der Waals surface area contributed by atoms with Crippen molar-refractivity contribution in [2.45, 2.75) is 50.3 Å². The standard InChI is InChI=1S/C17H27ClN2O/c1-19-15(13-7-3-4-8-14(13)18)11-12-20(2)16-9-5-6-10-17(16)21/h3-4,7-8,15-17,19,21H,5-6,9-12H2,1-2H3. The molecule has 1 aromatic carbocycles. The van der Waals surface area contributed by atoms with Crippen molar-refractivity contribution in [2.75, 3.05) is 20.6 Å². The van der Waals surface area contributed by atoms with Crippen LogP contribution in [-0.2, 0) is 0 Å². The average molecular weight is 311 g/mol. The highest BCUT2D eigenvalue weighted by atomic mass is 35.5. The van der Waals surface area contributed by atoms with Crippen LogP contribution in [0.25, 0.3) is 0 Å². The molecule has 0 aliphatic heterocycles. The molecule has 0 spiro atoms. The van der Waals surface area contributed by atoms with Crippen molar-refractivity contribution in [3.05, 3.63) is 34.9 Å². The summed E-state index contributed by atoms with van der Waals surface area (Å²) in [4.78, 5) is 2.31. The third-order valence-electron chi connectivity index (χ3n) is 4.66. The summed E-state index contributed by atoms with van der Waals surface area (Å²) in [5.74, 6) is 0. The summed E-state index contributed by atoms with van der Waals surface area (Å²) < 4.78 is 0. The van der Waals surface area contributed by atoms with Crippen molar-refractivity contribution in [3.63, 3.8) is 0 Å². The Balaban J connectivity index is 1.92. The fourth-order valence-electron chi connectivity index (χ4n) is 3.32. The Morgan fingerprint density at radius 3 is 2.71 bits per heavy atom. The van der Waals surface area contributed by atoms with E-state index >= 15 is 0 Å². The van der Waals surface area contributed by atoms with E-state index in [1.807, 2.05) is 25.2 Å². The maximum atomic E-state index is 10.1. The number of hydrogen-bond donors (Lipinski definition) is 2. The first-order chi connectivity index (χ1) is 10.1. The van der Waals surface area contributed by atoms with Gasteiger partial charge in [0.25, 0.3) is 0 Å². The number of rotatable bonds is 6. The molecule has 118 valence electrons. The van der Waals surface area contributed by atoms with Crippen LogP contribution in [0, 0.1) is 0 Å². The Morgan fingerprint density at radius 2 is 2.05 bits per heavy atom. The molecule has 0 saturated heterocycles. The summed E-state index contributed by atoms with van der Waals surface area (Å²) in [7, 11) is 4.10. The maximum Gasteiger partial charge on any atom is 0.0695 e. The SMILES string of the molecule is CNC(CCN(C)C1CCCCC1O)c1ccccc1Cl. The molecular weight excluding hydrogens is 284 g/mol. The molecule has 1 fully saturated rings. The number of aliphatic hydroxyl groups is 1. The van der Waals surface area contributed by atoms with E-state index in [0.717, 1.165) is 42.8 Å². The molecule has 3 unspecified atom stereocenters. The largest absolute Gasteiger partial charge is 0.391 e. The zero-order valence-corrected chi connectivity index (χ0v) is 13.8. The quantitative estimate of drug-likeness (QED) is 0.847. The highest BCUT2D eigenvalue weighted by Crippen LogP contribution is 2.27. The average Bonchev–Trinajstić information content (AvgIpc) is 2.49. The second kappa shape index (κ2) is 8.14. The van der Waals surface area contributed by atoms with Crippen LogP contribution in [0.15, 0.2) is 24.3 Å². The minimum absolute atomic E-state index is 0.169. The van der Waals surface area contributed by atoms with Gasteiger partial charge in [0, 0.05) is 23.7 Å². The predicted molar refractivity (Wildman–Crippen MR) is 88.8 cm³/mol. The van der Waals surface area contributed by atoms with E-state index in [2.05, 4.69) is 23.3 Å². The Labute approximate surface area is 133 Å². The number of halogens is 1. The Bertz CT molecular complexity index is 441. The van der Waals surface area contributed by atoms with E-state index < -0.39 is 0 Å². The molecule has 1 aliphatic carbocycles. The molecule has 1 aromatic rings. The first-order valence-corrected chi connectivity index (χ1v) is 8.31. The van der Waals surface area contributed by atoms with Crippen molar-refractivity contribution < 1.29 is 5.11 Å². The third-order valence-corrected chi connectivity index (χ3v) is 5.00. The molecule has 3 nitrogen and oxygen atoms in total. The van der Waals surface area contributed by atoms with Crippen LogP contribution in [0.2, 0.25) is 5.02 Å². The molecule has 0 aromatic heterocycles. The third kappa shape index (κ3) is 4.43. The number of benzene rings is 1. The highest BCUT2D eigenvalue weighted by molar-refractivity contribution is 6.31.